The predicted molar refractivity (Wildman–Crippen MR) is 63.0 cm³/mol. The molecule has 19 heavy (non-hydrogen) atoms. The van der Waals surface area contributed by atoms with Gasteiger partial charge in [0.05, 0.1) is 4.90 Å². The molecule has 0 saturated carbocycles. The van der Waals surface area contributed by atoms with Crippen LogP contribution < -0.4 is 0 Å². The number of hydrogen-bond donors (Lipinski definition) is 1. The van der Waals surface area contributed by atoms with E-state index in [-0.39, 0.29) is 24.3 Å². The second kappa shape index (κ2) is 6.07. The quantitative estimate of drug-likeness (QED) is 0.861. The topological polar surface area (TPSA) is 74.7 Å². The van der Waals surface area contributed by atoms with E-state index >= 15 is 0 Å². The molecule has 0 unspecified atom stereocenters. The van der Waals surface area contributed by atoms with Gasteiger partial charge in [-0.3, -0.25) is 4.79 Å². The van der Waals surface area contributed by atoms with Crippen LogP contribution in [0.15, 0.2) is 23.1 Å². The maximum absolute atomic E-state index is 13.0. The maximum atomic E-state index is 13.0. The summed E-state index contributed by atoms with van der Waals surface area (Å²) in [5.41, 5.74) is 0. The highest BCUT2D eigenvalue weighted by Crippen LogP contribution is 2.17. The van der Waals surface area contributed by atoms with Crippen molar-refractivity contribution in [3.05, 3.63) is 29.8 Å². The minimum atomic E-state index is -3.94. The molecule has 0 spiro atoms. The highest BCUT2D eigenvalue weighted by atomic mass is 32.2. The van der Waals surface area contributed by atoms with E-state index in [1.165, 1.54) is 7.05 Å². The molecule has 0 radical (unpaired) electrons. The molecule has 0 heterocycles. The van der Waals surface area contributed by atoms with Gasteiger partial charge in [-0.15, -0.1) is 0 Å². The number of nitrogens with zero attached hydrogens (tertiary/aromatic N) is 1. The summed E-state index contributed by atoms with van der Waals surface area (Å²) in [6.07, 6.45) is -0.0353. The van der Waals surface area contributed by atoms with Crippen molar-refractivity contribution < 1.29 is 27.1 Å². The lowest BCUT2D eigenvalue weighted by atomic mass is 10.3. The van der Waals surface area contributed by atoms with Gasteiger partial charge in [-0.25, -0.2) is 21.5 Å². The highest BCUT2D eigenvalue weighted by Gasteiger charge is 2.22. The monoisotopic (exact) mass is 293 g/mol. The molecule has 106 valence electrons. The predicted octanol–water partition coefficient (Wildman–Crippen LogP) is 1.45. The molecule has 0 atom stereocenters. The summed E-state index contributed by atoms with van der Waals surface area (Å²) in [4.78, 5) is 9.95. The smallest absolute Gasteiger partial charge is 0.303 e. The third-order valence-electron chi connectivity index (χ3n) is 2.46. The molecule has 1 N–H and O–H groups in total. The zero-order chi connectivity index (χ0) is 14.6. The van der Waals surface area contributed by atoms with Crippen LogP contribution in [-0.4, -0.2) is 37.4 Å². The minimum Gasteiger partial charge on any atom is -0.481 e. The van der Waals surface area contributed by atoms with Crippen molar-refractivity contribution in [2.75, 3.05) is 13.6 Å². The van der Waals surface area contributed by atoms with Gasteiger partial charge in [-0.1, -0.05) is 0 Å². The van der Waals surface area contributed by atoms with Crippen LogP contribution in [0, 0.1) is 11.6 Å². The molecule has 0 aliphatic rings. The molecule has 0 aliphatic heterocycles. The van der Waals surface area contributed by atoms with Crippen molar-refractivity contribution in [1.29, 1.82) is 0 Å². The number of benzene rings is 1. The molecule has 0 fully saturated rings. The zero-order valence-electron chi connectivity index (χ0n) is 10.1. The molecular formula is C11H13F2NO4S. The number of aliphatic carboxylic acids is 1. The van der Waals surface area contributed by atoms with Gasteiger partial charge in [0.2, 0.25) is 10.0 Å². The summed E-state index contributed by atoms with van der Waals surface area (Å²) in [6, 6.07) is 2.28. The average Bonchev–Trinajstić information content (AvgIpc) is 2.31. The second-order valence-electron chi connectivity index (χ2n) is 3.90. The molecule has 0 aliphatic carbocycles. The summed E-state index contributed by atoms with van der Waals surface area (Å²) < 4.78 is 50.6. The SMILES string of the molecule is CN(CCCC(=O)O)S(=O)(=O)c1ccc(F)c(F)c1. The summed E-state index contributed by atoms with van der Waals surface area (Å²) in [5, 5.41) is 8.45. The first kappa shape index (κ1) is 15.5. The Balaban J connectivity index is 2.84. The Morgan fingerprint density at radius 1 is 1.32 bits per heavy atom. The Morgan fingerprint density at radius 3 is 2.47 bits per heavy atom. The average molecular weight is 293 g/mol. The van der Waals surface area contributed by atoms with E-state index in [0.717, 1.165) is 16.4 Å². The third-order valence-corrected chi connectivity index (χ3v) is 4.32. The summed E-state index contributed by atoms with van der Waals surface area (Å²) >= 11 is 0. The van der Waals surface area contributed by atoms with Gasteiger partial charge in [0.25, 0.3) is 0 Å². The molecule has 8 heteroatoms. The molecule has 5 nitrogen and oxygen atoms in total. The molecule has 1 aromatic carbocycles. The zero-order valence-corrected chi connectivity index (χ0v) is 11.0. The number of halogens is 2. The molecule has 0 amide bonds. The van der Waals surface area contributed by atoms with Crippen LogP contribution in [0.2, 0.25) is 0 Å². The van der Waals surface area contributed by atoms with E-state index in [2.05, 4.69) is 0 Å². The van der Waals surface area contributed by atoms with Gasteiger partial charge in [0.15, 0.2) is 11.6 Å². The fourth-order valence-corrected chi connectivity index (χ4v) is 2.61. The Hall–Kier alpha value is -1.54. The van der Waals surface area contributed by atoms with Gasteiger partial charge in [-0.05, 0) is 24.6 Å². The van der Waals surface area contributed by atoms with Gasteiger partial charge in [-0.2, -0.15) is 0 Å². The van der Waals surface area contributed by atoms with Gasteiger partial charge < -0.3 is 5.11 Å². The van der Waals surface area contributed by atoms with Crippen molar-refractivity contribution >= 4 is 16.0 Å². The van der Waals surface area contributed by atoms with E-state index in [4.69, 9.17) is 5.11 Å². The van der Waals surface area contributed by atoms with Crippen molar-refractivity contribution in [2.24, 2.45) is 0 Å². The fraction of sp³-hybridized carbons (Fsp3) is 0.364. The first-order chi connectivity index (χ1) is 8.75. The van der Waals surface area contributed by atoms with Gasteiger partial charge >= 0.3 is 5.97 Å². The van der Waals surface area contributed by atoms with E-state index < -0.39 is 27.6 Å². The second-order valence-corrected chi connectivity index (χ2v) is 5.94. The van der Waals surface area contributed by atoms with Crippen LogP contribution in [0.25, 0.3) is 0 Å². The number of carboxylic acid groups (broad SMARTS) is 1. The lowest BCUT2D eigenvalue weighted by Gasteiger charge is -2.16. The first-order valence-corrected chi connectivity index (χ1v) is 6.82. The Labute approximate surface area is 109 Å². The number of carboxylic acids is 1. The number of hydrogen-bond acceptors (Lipinski definition) is 3. The van der Waals surface area contributed by atoms with Crippen LogP contribution in [0.5, 0.6) is 0 Å². The Kier molecular flexibility index (Phi) is 4.96. The number of carbonyl (C=O) groups is 1. The van der Waals surface area contributed by atoms with Crippen molar-refractivity contribution in [3.8, 4) is 0 Å². The molecule has 1 aromatic rings. The first-order valence-electron chi connectivity index (χ1n) is 5.38. The lowest BCUT2D eigenvalue weighted by molar-refractivity contribution is -0.137. The van der Waals surface area contributed by atoms with Crippen LogP contribution in [0.3, 0.4) is 0 Å². The summed E-state index contributed by atoms with van der Waals surface area (Å²) in [7, 11) is -2.69. The van der Waals surface area contributed by atoms with Gasteiger partial charge in [0.1, 0.15) is 0 Å². The van der Waals surface area contributed by atoms with E-state index in [1.54, 1.807) is 0 Å². The Morgan fingerprint density at radius 2 is 1.95 bits per heavy atom. The summed E-state index contributed by atoms with van der Waals surface area (Å²) in [6.45, 7) is -0.0202. The van der Waals surface area contributed by atoms with Crippen molar-refractivity contribution in [2.45, 2.75) is 17.7 Å². The minimum absolute atomic E-state index is 0.0202. The lowest BCUT2D eigenvalue weighted by Crippen LogP contribution is -2.28. The number of rotatable bonds is 6. The van der Waals surface area contributed by atoms with E-state index in [9.17, 15) is 22.0 Å². The standard InChI is InChI=1S/C11H13F2NO4S/c1-14(6-2-3-11(15)16)19(17,18)8-4-5-9(12)10(13)7-8/h4-5,7H,2-3,6H2,1H3,(H,15,16). The van der Waals surface area contributed by atoms with Crippen molar-refractivity contribution in [3.63, 3.8) is 0 Å². The van der Waals surface area contributed by atoms with E-state index in [0.29, 0.717) is 6.07 Å². The largest absolute Gasteiger partial charge is 0.481 e. The third kappa shape index (κ3) is 3.97. The van der Waals surface area contributed by atoms with E-state index in [1.807, 2.05) is 0 Å². The van der Waals surface area contributed by atoms with Crippen molar-refractivity contribution in [1.82, 2.24) is 4.31 Å². The molecular weight excluding hydrogens is 280 g/mol. The molecule has 1 rings (SSSR count). The molecule has 0 aromatic heterocycles. The molecule has 0 saturated heterocycles. The van der Waals surface area contributed by atoms with Gasteiger partial charge in [0, 0.05) is 20.0 Å². The normalized spacial score (nSPS) is 11.8. The maximum Gasteiger partial charge on any atom is 0.303 e. The Bertz CT molecular complexity index is 574. The molecule has 0 bridgehead atoms. The van der Waals surface area contributed by atoms with Crippen LogP contribution in [0.1, 0.15) is 12.8 Å². The van der Waals surface area contributed by atoms with Crippen LogP contribution in [0.4, 0.5) is 8.78 Å². The van der Waals surface area contributed by atoms with Crippen LogP contribution >= 0.6 is 0 Å². The summed E-state index contributed by atoms with van der Waals surface area (Å²) in [5.74, 6) is -3.41. The fourth-order valence-electron chi connectivity index (χ4n) is 1.39. The number of sulfonamides is 1. The highest BCUT2D eigenvalue weighted by molar-refractivity contribution is 7.89. The van der Waals surface area contributed by atoms with Crippen LogP contribution in [-0.2, 0) is 14.8 Å².